The maximum absolute atomic E-state index is 14.2. The molecule has 0 unspecified atom stereocenters. The number of hydrogen-bond donors (Lipinski definition) is 3. The van der Waals surface area contributed by atoms with Gasteiger partial charge in [0.25, 0.3) is 5.56 Å². The third-order valence-electron chi connectivity index (χ3n) is 6.15. The molecule has 0 radical (unpaired) electrons. The molecule has 4 N–H and O–H groups in total. The minimum Gasteiger partial charge on any atom is -0.473 e. The number of rotatable bonds is 6. The van der Waals surface area contributed by atoms with Crippen molar-refractivity contribution in [3.05, 3.63) is 75.0 Å². The average molecular weight is 565 g/mol. The minimum atomic E-state index is -0.921. The van der Waals surface area contributed by atoms with Gasteiger partial charge in [0.1, 0.15) is 41.7 Å². The summed E-state index contributed by atoms with van der Waals surface area (Å²) >= 11 is 2.71. The molecule has 1 atom stereocenters. The Balaban J connectivity index is 1.17. The van der Waals surface area contributed by atoms with Crippen LogP contribution in [0.5, 0.6) is 5.88 Å². The number of ether oxygens (including phenoxy) is 1. The van der Waals surface area contributed by atoms with E-state index in [0.717, 1.165) is 15.0 Å². The van der Waals surface area contributed by atoms with Crippen molar-refractivity contribution in [1.82, 2.24) is 30.0 Å². The van der Waals surface area contributed by atoms with E-state index >= 15 is 0 Å². The monoisotopic (exact) mass is 564 g/mol. The molecule has 198 valence electrons. The maximum atomic E-state index is 14.2. The number of hydrogen-bond acceptors (Lipinski definition) is 11. The van der Waals surface area contributed by atoms with Gasteiger partial charge in [0, 0.05) is 26.7 Å². The molecule has 1 aliphatic heterocycles. The lowest BCUT2D eigenvalue weighted by Gasteiger charge is -2.33. The number of fused-ring (bicyclic) bond motifs is 2. The number of nitrogens with two attached hydrogens (primary N) is 1. The van der Waals surface area contributed by atoms with Crippen molar-refractivity contribution in [2.45, 2.75) is 25.6 Å². The van der Waals surface area contributed by atoms with Gasteiger partial charge in [0.15, 0.2) is 10.7 Å². The number of amides is 1. The maximum Gasteiger partial charge on any atom is 0.281 e. The first-order valence-electron chi connectivity index (χ1n) is 11.8. The van der Waals surface area contributed by atoms with E-state index < -0.39 is 16.9 Å². The molecule has 1 amide bonds. The van der Waals surface area contributed by atoms with Gasteiger partial charge in [-0.25, -0.2) is 14.4 Å². The van der Waals surface area contributed by atoms with Crippen LogP contribution >= 0.6 is 22.7 Å². The quantitative estimate of drug-likeness (QED) is 0.283. The van der Waals surface area contributed by atoms with Crippen LogP contribution in [0.3, 0.4) is 0 Å². The average Bonchev–Trinajstić information content (AvgIpc) is 3.57. The Hall–Kier alpha value is -4.43. The van der Waals surface area contributed by atoms with Crippen molar-refractivity contribution in [2.75, 3.05) is 17.7 Å². The van der Waals surface area contributed by atoms with Gasteiger partial charge in [-0.3, -0.25) is 14.2 Å². The standard InChI is InChI=1S/C25H21FN8O3S2/c1-25(24-33-32-22(39-24)15-4-2-3-5-16(15)26)11-37-21-20(31-25)23(36)34(12-30-21)10-19(35)29-9-14-6-13-8-28-18(27)7-17(13)38-14/h2-8,12,31H,9-11H2,1H3,(H2,27,28)(H,29,35)/t25-/m0/s1. The Bertz CT molecular complexity index is 1780. The van der Waals surface area contributed by atoms with Gasteiger partial charge in [0.05, 0.1) is 6.54 Å². The number of thiophene rings is 1. The highest BCUT2D eigenvalue weighted by Gasteiger charge is 2.38. The molecular formula is C25H21FN8O3S2. The molecule has 6 rings (SSSR count). The van der Waals surface area contributed by atoms with Crippen LogP contribution in [0.25, 0.3) is 20.7 Å². The molecule has 11 nitrogen and oxygen atoms in total. The summed E-state index contributed by atoms with van der Waals surface area (Å²) in [4.78, 5) is 35.1. The number of nitrogens with zero attached hydrogens (tertiary/aromatic N) is 5. The zero-order chi connectivity index (χ0) is 27.1. The van der Waals surface area contributed by atoms with Gasteiger partial charge in [0.2, 0.25) is 11.8 Å². The molecule has 1 aromatic carbocycles. The molecule has 1 aliphatic rings. The van der Waals surface area contributed by atoms with Gasteiger partial charge in [-0.2, -0.15) is 0 Å². The summed E-state index contributed by atoms with van der Waals surface area (Å²) in [6, 6.07) is 10.0. The molecule has 14 heteroatoms. The van der Waals surface area contributed by atoms with Crippen molar-refractivity contribution in [3.63, 3.8) is 0 Å². The number of carbonyl (C=O) groups is 1. The van der Waals surface area contributed by atoms with Crippen molar-refractivity contribution in [3.8, 4) is 16.5 Å². The summed E-state index contributed by atoms with van der Waals surface area (Å²) in [6.45, 7) is 2.00. The summed E-state index contributed by atoms with van der Waals surface area (Å²) in [5.74, 6) is -0.189. The number of halogens is 1. The first-order chi connectivity index (χ1) is 18.8. The van der Waals surface area contributed by atoms with Gasteiger partial charge in [-0.1, -0.05) is 23.5 Å². The van der Waals surface area contributed by atoms with Crippen LogP contribution in [0.15, 0.2) is 53.7 Å². The Labute approximate surface area is 228 Å². The fraction of sp³-hybridized carbons (Fsp3) is 0.200. The lowest BCUT2D eigenvalue weighted by molar-refractivity contribution is -0.121. The molecule has 0 fully saturated rings. The topological polar surface area (TPSA) is 150 Å². The van der Waals surface area contributed by atoms with Gasteiger partial charge in [-0.15, -0.1) is 21.5 Å². The van der Waals surface area contributed by atoms with Crippen LogP contribution in [0.4, 0.5) is 15.9 Å². The summed E-state index contributed by atoms with van der Waals surface area (Å²) in [5.41, 5.74) is 4.80. The van der Waals surface area contributed by atoms with E-state index in [9.17, 15) is 14.0 Å². The highest BCUT2D eigenvalue weighted by molar-refractivity contribution is 7.19. The molecule has 0 bridgehead atoms. The molecule has 0 saturated carbocycles. The van der Waals surface area contributed by atoms with E-state index in [1.54, 1.807) is 37.4 Å². The second kappa shape index (κ2) is 9.71. The van der Waals surface area contributed by atoms with Gasteiger partial charge in [-0.05, 0) is 31.2 Å². The molecule has 0 spiro atoms. The SMILES string of the molecule is C[C@@]1(c2nnc(-c3ccccc3F)s2)COc2ncn(CC(=O)NCc3cc4cnc(N)cc4s3)c(=O)c2N1. The van der Waals surface area contributed by atoms with Crippen LogP contribution in [-0.4, -0.2) is 37.2 Å². The highest BCUT2D eigenvalue weighted by Crippen LogP contribution is 2.37. The number of pyridine rings is 1. The van der Waals surface area contributed by atoms with E-state index in [1.807, 2.05) is 6.07 Å². The van der Waals surface area contributed by atoms with Crippen LogP contribution < -0.4 is 26.7 Å². The molecular weight excluding hydrogens is 543 g/mol. The summed E-state index contributed by atoms with van der Waals surface area (Å²) in [5, 5.41) is 16.2. The predicted molar refractivity (Wildman–Crippen MR) is 146 cm³/mol. The smallest absolute Gasteiger partial charge is 0.281 e. The van der Waals surface area contributed by atoms with E-state index in [4.69, 9.17) is 10.5 Å². The fourth-order valence-corrected chi connectivity index (χ4v) is 6.10. The van der Waals surface area contributed by atoms with E-state index in [0.29, 0.717) is 27.9 Å². The molecule has 5 aromatic rings. The van der Waals surface area contributed by atoms with Crippen molar-refractivity contribution >= 4 is 50.2 Å². The minimum absolute atomic E-state index is 0.108. The second-order valence-corrected chi connectivity index (χ2v) is 11.3. The van der Waals surface area contributed by atoms with Gasteiger partial charge >= 0.3 is 0 Å². The predicted octanol–water partition coefficient (Wildman–Crippen LogP) is 3.13. The number of nitrogens with one attached hydrogen (secondary N) is 2. The second-order valence-electron chi connectivity index (χ2n) is 9.13. The zero-order valence-electron chi connectivity index (χ0n) is 20.5. The molecule has 0 aliphatic carbocycles. The summed E-state index contributed by atoms with van der Waals surface area (Å²) in [7, 11) is 0. The Kier molecular flexibility index (Phi) is 6.19. The van der Waals surface area contributed by atoms with Crippen LogP contribution in [-0.2, 0) is 23.4 Å². The lowest BCUT2D eigenvalue weighted by atomic mass is 10.0. The van der Waals surface area contributed by atoms with Crippen LogP contribution in [0, 0.1) is 5.82 Å². The number of benzene rings is 1. The fourth-order valence-electron chi connectivity index (χ4n) is 4.12. The highest BCUT2D eigenvalue weighted by atomic mass is 32.1. The van der Waals surface area contributed by atoms with Crippen molar-refractivity contribution in [2.24, 2.45) is 0 Å². The van der Waals surface area contributed by atoms with Crippen LogP contribution in [0.2, 0.25) is 0 Å². The third kappa shape index (κ3) is 4.79. The number of carbonyl (C=O) groups excluding carboxylic acids is 1. The Morgan fingerprint density at radius 2 is 2.10 bits per heavy atom. The summed E-state index contributed by atoms with van der Waals surface area (Å²) in [6.07, 6.45) is 2.97. The van der Waals surface area contributed by atoms with E-state index in [1.165, 1.54) is 39.6 Å². The first-order valence-corrected chi connectivity index (χ1v) is 13.4. The zero-order valence-corrected chi connectivity index (χ0v) is 22.1. The van der Waals surface area contributed by atoms with Crippen molar-refractivity contribution < 1.29 is 13.9 Å². The number of aromatic nitrogens is 5. The molecule has 0 saturated heterocycles. The van der Waals surface area contributed by atoms with E-state index in [-0.39, 0.29) is 30.6 Å². The van der Waals surface area contributed by atoms with Crippen LogP contribution in [0.1, 0.15) is 16.8 Å². The largest absolute Gasteiger partial charge is 0.473 e. The molecule has 39 heavy (non-hydrogen) atoms. The Morgan fingerprint density at radius 3 is 2.95 bits per heavy atom. The van der Waals surface area contributed by atoms with E-state index in [2.05, 4.69) is 30.8 Å². The third-order valence-corrected chi connectivity index (χ3v) is 8.47. The van der Waals surface area contributed by atoms with Gasteiger partial charge < -0.3 is 21.1 Å². The Morgan fingerprint density at radius 1 is 1.26 bits per heavy atom. The summed E-state index contributed by atoms with van der Waals surface area (Å²) < 4.78 is 22.2. The lowest BCUT2D eigenvalue weighted by Crippen LogP contribution is -2.45. The molecule has 4 aromatic heterocycles. The van der Waals surface area contributed by atoms with Crippen molar-refractivity contribution in [1.29, 1.82) is 0 Å². The normalized spacial score (nSPS) is 16.4. The number of anilines is 2. The first kappa shape index (κ1) is 24.9. The molecule has 5 heterocycles. The number of nitrogen functional groups attached to an aromatic ring is 1.